The molecule has 0 saturated carbocycles. The molecular formula is C23H16Br2N2O2. The van der Waals surface area contributed by atoms with Gasteiger partial charge in [0.25, 0.3) is 5.91 Å². The first-order valence-electron chi connectivity index (χ1n) is 8.92. The lowest BCUT2D eigenvalue weighted by atomic mass is 10.1. The lowest BCUT2D eigenvalue weighted by Crippen LogP contribution is -2.24. The third-order valence-corrected chi connectivity index (χ3v) is 5.77. The summed E-state index contributed by atoms with van der Waals surface area (Å²) in [6.45, 7) is -0.131. The van der Waals surface area contributed by atoms with E-state index in [4.69, 9.17) is 4.74 Å². The van der Waals surface area contributed by atoms with E-state index in [-0.39, 0.29) is 12.5 Å². The Labute approximate surface area is 184 Å². The minimum Gasteiger partial charge on any atom is -0.483 e. The van der Waals surface area contributed by atoms with Gasteiger partial charge in [0, 0.05) is 10.0 Å². The highest BCUT2D eigenvalue weighted by molar-refractivity contribution is 9.11. The SMILES string of the molecule is O=C(COc1ccc2cc(Br)ccc2c1Br)N/N=C/c1cccc2ccccc12. The summed E-state index contributed by atoms with van der Waals surface area (Å²) in [5, 5.41) is 8.35. The van der Waals surface area contributed by atoms with Crippen molar-refractivity contribution >= 4 is 65.5 Å². The fraction of sp³-hybridized carbons (Fsp3) is 0.0435. The predicted octanol–water partition coefficient (Wildman–Crippen LogP) is 6.05. The summed E-state index contributed by atoms with van der Waals surface area (Å²) in [4.78, 5) is 12.1. The summed E-state index contributed by atoms with van der Waals surface area (Å²) in [6.07, 6.45) is 1.64. The molecule has 0 fully saturated rings. The number of ether oxygens (including phenoxy) is 1. The number of fused-ring (bicyclic) bond motifs is 2. The van der Waals surface area contributed by atoms with Gasteiger partial charge in [0.05, 0.1) is 10.7 Å². The zero-order chi connectivity index (χ0) is 20.2. The molecule has 0 aliphatic rings. The van der Waals surface area contributed by atoms with E-state index in [1.807, 2.05) is 72.8 Å². The molecule has 0 radical (unpaired) electrons. The molecule has 1 amide bonds. The maximum absolute atomic E-state index is 12.1. The number of carbonyl (C=O) groups excluding carboxylic acids is 1. The van der Waals surface area contributed by atoms with E-state index in [1.165, 1.54) is 0 Å². The van der Waals surface area contributed by atoms with Crippen LogP contribution in [-0.4, -0.2) is 18.7 Å². The molecule has 0 atom stereocenters. The van der Waals surface area contributed by atoms with Gasteiger partial charge in [0.15, 0.2) is 6.61 Å². The van der Waals surface area contributed by atoms with Crippen LogP contribution in [0.3, 0.4) is 0 Å². The summed E-state index contributed by atoms with van der Waals surface area (Å²) < 4.78 is 7.49. The number of benzene rings is 4. The van der Waals surface area contributed by atoms with Crippen LogP contribution in [0, 0.1) is 0 Å². The molecule has 0 aliphatic carbocycles. The molecule has 0 aliphatic heterocycles. The molecule has 0 unspecified atom stereocenters. The Hall–Kier alpha value is -2.70. The molecule has 4 rings (SSSR count). The number of nitrogens with one attached hydrogen (secondary N) is 1. The van der Waals surface area contributed by atoms with Gasteiger partial charge < -0.3 is 4.74 Å². The fourth-order valence-corrected chi connectivity index (χ4v) is 4.05. The fourth-order valence-electron chi connectivity index (χ4n) is 3.07. The number of amides is 1. The Bertz CT molecular complexity index is 1230. The van der Waals surface area contributed by atoms with Crippen LogP contribution < -0.4 is 10.2 Å². The van der Waals surface area contributed by atoms with E-state index in [1.54, 1.807) is 6.21 Å². The Morgan fingerprint density at radius 3 is 2.66 bits per heavy atom. The largest absolute Gasteiger partial charge is 0.483 e. The summed E-state index contributed by atoms with van der Waals surface area (Å²) in [6, 6.07) is 23.8. The van der Waals surface area contributed by atoms with Crippen molar-refractivity contribution in [3.8, 4) is 5.75 Å². The number of rotatable bonds is 5. The maximum Gasteiger partial charge on any atom is 0.277 e. The molecule has 6 heteroatoms. The molecule has 4 nitrogen and oxygen atoms in total. The van der Waals surface area contributed by atoms with E-state index >= 15 is 0 Å². The monoisotopic (exact) mass is 510 g/mol. The smallest absolute Gasteiger partial charge is 0.277 e. The molecule has 0 bridgehead atoms. The van der Waals surface area contributed by atoms with Gasteiger partial charge in [-0.1, -0.05) is 70.5 Å². The van der Waals surface area contributed by atoms with Gasteiger partial charge in [-0.3, -0.25) is 4.79 Å². The molecule has 4 aromatic rings. The summed E-state index contributed by atoms with van der Waals surface area (Å²) >= 11 is 7.03. The predicted molar refractivity (Wildman–Crippen MR) is 125 cm³/mol. The Morgan fingerprint density at radius 1 is 0.931 bits per heavy atom. The average molecular weight is 512 g/mol. The maximum atomic E-state index is 12.1. The number of hydrogen-bond donors (Lipinski definition) is 1. The summed E-state index contributed by atoms with van der Waals surface area (Å²) in [7, 11) is 0. The van der Waals surface area contributed by atoms with Crippen molar-refractivity contribution in [2.75, 3.05) is 6.61 Å². The number of hydrogen-bond acceptors (Lipinski definition) is 3. The molecule has 144 valence electrons. The van der Waals surface area contributed by atoms with Gasteiger partial charge in [-0.15, -0.1) is 0 Å². The topological polar surface area (TPSA) is 50.7 Å². The number of carbonyl (C=O) groups is 1. The van der Waals surface area contributed by atoms with Crippen molar-refractivity contribution < 1.29 is 9.53 Å². The van der Waals surface area contributed by atoms with E-state index < -0.39 is 0 Å². The van der Waals surface area contributed by atoms with E-state index in [0.29, 0.717) is 5.75 Å². The van der Waals surface area contributed by atoms with Crippen LogP contribution in [0.5, 0.6) is 5.75 Å². The summed E-state index contributed by atoms with van der Waals surface area (Å²) in [5.41, 5.74) is 3.45. The minimum absolute atomic E-state index is 0.131. The van der Waals surface area contributed by atoms with Gasteiger partial charge in [-0.2, -0.15) is 5.10 Å². The van der Waals surface area contributed by atoms with Crippen LogP contribution in [-0.2, 0) is 4.79 Å². The Kier molecular flexibility index (Phi) is 5.92. The zero-order valence-corrected chi connectivity index (χ0v) is 18.4. The van der Waals surface area contributed by atoms with Gasteiger partial charge in [-0.05, 0) is 55.7 Å². The minimum atomic E-state index is -0.329. The third kappa shape index (κ3) is 4.49. The highest BCUT2D eigenvalue weighted by Gasteiger charge is 2.09. The van der Waals surface area contributed by atoms with Crippen molar-refractivity contribution in [1.82, 2.24) is 5.43 Å². The average Bonchev–Trinajstić information content (AvgIpc) is 2.73. The lowest BCUT2D eigenvalue weighted by molar-refractivity contribution is -0.123. The van der Waals surface area contributed by atoms with Crippen LogP contribution in [0.2, 0.25) is 0 Å². The zero-order valence-electron chi connectivity index (χ0n) is 15.2. The van der Waals surface area contributed by atoms with E-state index in [9.17, 15) is 4.79 Å². The molecule has 29 heavy (non-hydrogen) atoms. The normalized spacial score (nSPS) is 11.2. The van der Waals surface area contributed by atoms with Gasteiger partial charge in [-0.25, -0.2) is 5.43 Å². The molecule has 0 aromatic heterocycles. The second-order valence-electron chi connectivity index (χ2n) is 6.39. The first-order valence-corrected chi connectivity index (χ1v) is 10.5. The second-order valence-corrected chi connectivity index (χ2v) is 8.10. The molecule has 0 spiro atoms. The van der Waals surface area contributed by atoms with Crippen molar-refractivity contribution in [3.05, 3.63) is 87.3 Å². The van der Waals surface area contributed by atoms with E-state index in [0.717, 1.165) is 36.1 Å². The third-order valence-electron chi connectivity index (χ3n) is 4.46. The van der Waals surface area contributed by atoms with Gasteiger partial charge in [0.1, 0.15) is 5.75 Å². The van der Waals surface area contributed by atoms with Crippen molar-refractivity contribution in [2.45, 2.75) is 0 Å². The highest BCUT2D eigenvalue weighted by Crippen LogP contribution is 2.34. The summed E-state index contributed by atoms with van der Waals surface area (Å²) in [5.74, 6) is 0.275. The molecule has 0 heterocycles. The molecule has 1 N–H and O–H groups in total. The van der Waals surface area contributed by atoms with E-state index in [2.05, 4.69) is 42.4 Å². The van der Waals surface area contributed by atoms with Crippen molar-refractivity contribution in [1.29, 1.82) is 0 Å². The quantitative estimate of drug-likeness (QED) is 0.262. The molecular weight excluding hydrogens is 496 g/mol. The Morgan fingerprint density at radius 2 is 1.76 bits per heavy atom. The first kappa shape index (κ1) is 19.6. The van der Waals surface area contributed by atoms with Gasteiger partial charge in [0.2, 0.25) is 0 Å². The highest BCUT2D eigenvalue weighted by atomic mass is 79.9. The van der Waals surface area contributed by atoms with Crippen LogP contribution in [0.1, 0.15) is 5.56 Å². The van der Waals surface area contributed by atoms with Crippen molar-refractivity contribution in [3.63, 3.8) is 0 Å². The number of nitrogens with zero attached hydrogens (tertiary/aromatic N) is 1. The van der Waals surface area contributed by atoms with Gasteiger partial charge >= 0.3 is 0 Å². The standard InChI is InChI=1S/C23H16Br2N2O2/c24-18-9-10-20-16(12-18)8-11-21(23(20)25)29-14-22(28)27-26-13-17-6-3-5-15-4-1-2-7-19(15)17/h1-13H,14H2,(H,27,28)/b26-13+. The molecule has 4 aromatic carbocycles. The lowest BCUT2D eigenvalue weighted by Gasteiger charge is -2.10. The van der Waals surface area contributed by atoms with Crippen LogP contribution in [0.4, 0.5) is 0 Å². The Balaban J connectivity index is 1.40. The molecule has 0 saturated heterocycles. The second kappa shape index (κ2) is 8.76. The number of hydrazone groups is 1. The van der Waals surface area contributed by atoms with Crippen LogP contribution in [0.25, 0.3) is 21.5 Å². The van der Waals surface area contributed by atoms with Crippen LogP contribution >= 0.6 is 31.9 Å². The number of halogens is 2. The first-order chi connectivity index (χ1) is 14.1. The van der Waals surface area contributed by atoms with Crippen molar-refractivity contribution in [2.24, 2.45) is 5.10 Å². The van der Waals surface area contributed by atoms with Crippen LogP contribution in [0.15, 0.2) is 86.8 Å².